The van der Waals surface area contributed by atoms with E-state index in [1.54, 1.807) is 17.1 Å². The van der Waals surface area contributed by atoms with Gasteiger partial charge in [-0.1, -0.05) is 13.8 Å². The van der Waals surface area contributed by atoms with Gasteiger partial charge in [-0.2, -0.15) is 10.2 Å². The van der Waals surface area contributed by atoms with Crippen molar-refractivity contribution in [2.45, 2.75) is 45.9 Å². The molecule has 4 rings (SSSR count). The lowest BCUT2D eigenvalue weighted by molar-refractivity contribution is -0.384. The summed E-state index contributed by atoms with van der Waals surface area (Å²) in [4.78, 5) is 15.6. The molecular formula is C18H22N6O3. The third-order valence-electron chi connectivity index (χ3n) is 4.67. The highest BCUT2D eigenvalue weighted by Gasteiger charge is 2.26. The van der Waals surface area contributed by atoms with Crippen LogP contribution >= 0.6 is 0 Å². The first-order chi connectivity index (χ1) is 13.0. The lowest BCUT2D eigenvalue weighted by Crippen LogP contribution is -2.18. The average molecular weight is 370 g/mol. The Balaban J connectivity index is 1.77. The Kier molecular flexibility index (Phi) is 4.61. The second kappa shape index (κ2) is 7.07. The largest absolute Gasteiger partial charge is 0.357 e. The summed E-state index contributed by atoms with van der Waals surface area (Å²) in [6.07, 6.45) is 7.46. The van der Waals surface area contributed by atoms with Crippen molar-refractivity contribution < 1.29 is 9.66 Å². The molecule has 0 bridgehead atoms. The van der Waals surface area contributed by atoms with Crippen LogP contribution in [0.25, 0.3) is 22.3 Å². The van der Waals surface area contributed by atoms with Crippen LogP contribution in [0.5, 0.6) is 0 Å². The first-order valence-corrected chi connectivity index (χ1v) is 9.20. The Morgan fingerprint density at radius 1 is 1.37 bits per heavy atom. The van der Waals surface area contributed by atoms with E-state index >= 15 is 0 Å². The number of nitro groups is 1. The van der Waals surface area contributed by atoms with Crippen molar-refractivity contribution in [2.75, 3.05) is 6.61 Å². The Bertz CT molecular complexity index is 971. The molecule has 1 unspecified atom stereocenters. The molecule has 1 fully saturated rings. The van der Waals surface area contributed by atoms with E-state index in [1.165, 1.54) is 6.20 Å². The molecule has 0 aliphatic carbocycles. The monoisotopic (exact) mass is 370 g/mol. The molecule has 3 aromatic rings. The first kappa shape index (κ1) is 17.6. The minimum Gasteiger partial charge on any atom is -0.357 e. The van der Waals surface area contributed by atoms with Crippen molar-refractivity contribution in [3.63, 3.8) is 0 Å². The van der Waals surface area contributed by atoms with Gasteiger partial charge in [-0.05, 0) is 31.2 Å². The van der Waals surface area contributed by atoms with Crippen molar-refractivity contribution in [3.05, 3.63) is 34.8 Å². The van der Waals surface area contributed by atoms with Gasteiger partial charge >= 0.3 is 5.69 Å². The molecule has 142 valence electrons. The predicted octanol–water partition coefficient (Wildman–Crippen LogP) is 3.56. The Morgan fingerprint density at radius 2 is 2.22 bits per heavy atom. The van der Waals surface area contributed by atoms with Crippen LogP contribution in [0.15, 0.2) is 24.7 Å². The van der Waals surface area contributed by atoms with Gasteiger partial charge in [0.2, 0.25) is 0 Å². The number of ether oxygens (including phenoxy) is 1. The quantitative estimate of drug-likeness (QED) is 0.503. The molecule has 9 heteroatoms. The molecule has 0 aromatic carbocycles. The van der Waals surface area contributed by atoms with E-state index in [0.29, 0.717) is 18.2 Å². The maximum absolute atomic E-state index is 11.6. The zero-order valence-corrected chi connectivity index (χ0v) is 15.4. The smallest absolute Gasteiger partial charge is 0.316 e. The van der Waals surface area contributed by atoms with Crippen molar-refractivity contribution >= 4 is 16.6 Å². The molecule has 1 aliphatic rings. The van der Waals surface area contributed by atoms with Gasteiger partial charge in [-0.15, -0.1) is 0 Å². The summed E-state index contributed by atoms with van der Waals surface area (Å²) < 4.78 is 9.17. The Hall–Kier alpha value is -2.81. The van der Waals surface area contributed by atoms with Gasteiger partial charge in [-0.25, -0.2) is 4.68 Å². The van der Waals surface area contributed by atoms with Gasteiger partial charge in [0.1, 0.15) is 12.4 Å². The summed E-state index contributed by atoms with van der Waals surface area (Å²) in [6, 6.07) is 1.83. The fraction of sp³-hybridized carbons (Fsp3) is 0.500. The van der Waals surface area contributed by atoms with Gasteiger partial charge in [0, 0.05) is 24.7 Å². The van der Waals surface area contributed by atoms with Crippen molar-refractivity contribution in [3.8, 4) is 11.4 Å². The van der Waals surface area contributed by atoms with Crippen LogP contribution in [-0.4, -0.2) is 36.1 Å². The molecule has 9 nitrogen and oxygen atoms in total. The van der Waals surface area contributed by atoms with Crippen LogP contribution in [0.2, 0.25) is 0 Å². The van der Waals surface area contributed by atoms with E-state index in [1.807, 2.05) is 10.7 Å². The van der Waals surface area contributed by atoms with Gasteiger partial charge in [0.25, 0.3) is 0 Å². The van der Waals surface area contributed by atoms with Gasteiger partial charge in [0.15, 0.2) is 5.69 Å². The van der Waals surface area contributed by atoms with Crippen LogP contribution in [0.1, 0.15) is 39.3 Å². The fourth-order valence-corrected chi connectivity index (χ4v) is 3.37. The van der Waals surface area contributed by atoms with Crippen molar-refractivity contribution in [1.82, 2.24) is 24.5 Å². The number of rotatable bonds is 5. The number of nitrogens with zero attached hydrogens (tertiary/aromatic N) is 6. The third kappa shape index (κ3) is 3.42. The average Bonchev–Trinajstić information content (AvgIpc) is 3.27. The maximum atomic E-state index is 11.6. The van der Waals surface area contributed by atoms with Crippen molar-refractivity contribution in [2.24, 2.45) is 5.92 Å². The number of hydrogen-bond donors (Lipinski definition) is 0. The van der Waals surface area contributed by atoms with Crippen LogP contribution in [0, 0.1) is 16.0 Å². The van der Waals surface area contributed by atoms with Crippen molar-refractivity contribution in [1.29, 1.82) is 0 Å². The normalized spacial score (nSPS) is 17.7. The van der Waals surface area contributed by atoms with Crippen LogP contribution in [-0.2, 0) is 11.3 Å². The molecule has 1 aliphatic heterocycles. The molecule has 1 saturated heterocycles. The molecular weight excluding hydrogens is 348 g/mol. The third-order valence-corrected chi connectivity index (χ3v) is 4.67. The summed E-state index contributed by atoms with van der Waals surface area (Å²) >= 11 is 0. The molecule has 0 amide bonds. The van der Waals surface area contributed by atoms with E-state index in [0.717, 1.165) is 36.7 Å². The highest BCUT2D eigenvalue weighted by Crippen LogP contribution is 2.32. The second-order valence-corrected chi connectivity index (χ2v) is 7.27. The van der Waals surface area contributed by atoms with Crippen LogP contribution in [0.4, 0.5) is 5.69 Å². The van der Waals surface area contributed by atoms with E-state index < -0.39 is 4.92 Å². The summed E-state index contributed by atoms with van der Waals surface area (Å²) in [5.74, 6) is 0.432. The Labute approximate surface area is 156 Å². The summed E-state index contributed by atoms with van der Waals surface area (Å²) in [6.45, 7) is 5.64. The van der Waals surface area contributed by atoms with Gasteiger partial charge in [0.05, 0.1) is 22.3 Å². The lowest BCUT2D eigenvalue weighted by Gasteiger charge is -2.22. The van der Waals surface area contributed by atoms with Crippen LogP contribution < -0.4 is 0 Å². The minimum atomic E-state index is -0.418. The van der Waals surface area contributed by atoms with Gasteiger partial charge in [-0.3, -0.25) is 19.8 Å². The van der Waals surface area contributed by atoms with E-state index in [2.05, 4.69) is 29.0 Å². The molecule has 4 heterocycles. The number of hydrogen-bond acceptors (Lipinski definition) is 6. The van der Waals surface area contributed by atoms with Crippen LogP contribution in [0.3, 0.4) is 0 Å². The van der Waals surface area contributed by atoms with E-state index in [-0.39, 0.29) is 17.6 Å². The standard InChI is InChI=1S/C18H22N6O3/c1-12(2)10-22-15-7-14(19-8-13(15)9-20-22)18-16(24(25)26)11-23(21-18)17-5-3-4-6-27-17/h7-9,11-12,17H,3-6,10H2,1-2H3. The predicted molar refractivity (Wildman–Crippen MR) is 99.1 cm³/mol. The summed E-state index contributed by atoms with van der Waals surface area (Å²) in [5, 5.41) is 21.4. The maximum Gasteiger partial charge on any atom is 0.316 e. The minimum absolute atomic E-state index is 0.0639. The van der Waals surface area contributed by atoms with E-state index in [4.69, 9.17) is 4.74 Å². The highest BCUT2D eigenvalue weighted by molar-refractivity contribution is 5.82. The number of fused-ring (bicyclic) bond motifs is 1. The second-order valence-electron chi connectivity index (χ2n) is 7.27. The molecule has 27 heavy (non-hydrogen) atoms. The number of pyridine rings is 1. The topological polar surface area (TPSA) is 101 Å². The van der Waals surface area contributed by atoms with E-state index in [9.17, 15) is 10.1 Å². The highest BCUT2D eigenvalue weighted by atomic mass is 16.6. The molecule has 0 saturated carbocycles. The molecule has 0 N–H and O–H groups in total. The van der Waals surface area contributed by atoms with Gasteiger partial charge < -0.3 is 4.74 Å². The SMILES string of the molecule is CC(C)Cn1ncc2cnc(-c3nn(C4CCCCO4)cc3[N+](=O)[O-])cc21. The lowest BCUT2D eigenvalue weighted by atomic mass is 10.2. The number of aromatic nitrogens is 5. The zero-order valence-electron chi connectivity index (χ0n) is 15.4. The fourth-order valence-electron chi connectivity index (χ4n) is 3.37. The summed E-state index contributed by atoms with van der Waals surface area (Å²) in [5.41, 5.74) is 1.56. The molecule has 3 aromatic heterocycles. The zero-order chi connectivity index (χ0) is 19.0. The Morgan fingerprint density at radius 3 is 2.93 bits per heavy atom. The summed E-state index contributed by atoms with van der Waals surface area (Å²) in [7, 11) is 0. The molecule has 1 atom stereocenters. The molecule has 0 spiro atoms. The first-order valence-electron chi connectivity index (χ1n) is 9.20. The molecule has 0 radical (unpaired) electrons.